The lowest BCUT2D eigenvalue weighted by molar-refractivity contribution is -0.119. The highest BCUT2D eigenvalue weighted by atomic mass is 32.1. The molecule has 22 heavy (non-hydrogen) atoms. The van der Waals surface area contributed by atoms with Gasteiger partial charge in [0.15, 0.2) is 5.11 Å². The van der Waals surface area contributed by atoms with Crippen LogP contribution in [-0.2, 0) is 11.3 Å². The summed E-state index contributed by atoms with van der Waals surface area (Å²) >= 11 is 5.22. The van der Waals surface area contributed by atoms with Gasteiger partial charge in [-0.25, -0.2) is 0 Å². The van der Waals surface area contributed by atoms with Crippen LogP contribution in [0.15, 0.2) is 59.2 Å². The largest absolute Gasteiger partial charge is 0.465 e. The Hall–Kier alpha value is -2.60. The molecule has 0 aliphatic rings. The van der Waals surface area contributed by atoms with Crippen molar-refractivity contribution >= 4 is 29.3 Å². The minimum absolute atomic E-state index is 0.289. The first-order valence-electron chi connectivity index (χ1n) is 6.73. The van der Waals surface area contributed by atoms with Crippen molar-refractivity contribution in [1.29, 1.82) is 0 Å². The van der Waals surface area contributed by atoms with E-state index in [1.165, 1.54) is 11.1 Å². The summed E-state index contributed by atoms with van der Waals surface area (Å²) in [6, 6.07) is 13.4. The Labute approximate surface area is 134 Å². The Balaban J connectivity index is 1.77. The Morgan fingerprint density at radius 1 is 1.27 bits per heavy atom. The van der Waals surface area contributed by atoms with Gasteiger partial charge in [0.25, 0.3) is 5.91 Å². The maximum absolute atomic E-state index is 11.8. The van der Waals surface area contributed by atoms with Gasteiger partial charge < -0.3 is 9.73 Å². The van der Waals surface area contributed by atoms with Crippen LogP contribution in [0.1, 0.15) is 11.3 Å². The number of nitrogens with zero attached hydrogens (tertiary/aromatic N) is 1. The highest BCUT2D eigenvalue weighted by molar-refractivity contribution is 7.80. The standard InChI is InChI=1S/C16H17N3O2S/c1-19(16(22)17-12-13-6-3-2-4-7-13)18-15(20)10-9-14-8-5-11-21-14/h2-11H,12H2,1H3,(H,17,22)(H,18,20)/b10-9+. The second-order valence-electron chi connectivity index (χ2n) is 4.53. The molecule has 6 heteroatoms. The fourth-order valence-electron chi connectivity index (χ4n) is 1.69. The maximum atomic E-state index is 11.8. The van der Waals surface area contributed by atoms with E-state index in [4.69, 9.17) is 16.6 Å². The molecule has 2 N–H and O–H groups in total. The van der Waals surface area contributed by atoms with Crippen molar-refractivity contribution < 1.29 is 9.21 Å². The number of thiocarbonyl (C=S) groups is 1. The quantitative estimate of drug-likeness (QED) is 0.515. The highest BCUT2D eigenvalue weighted by Gasteiger charge is 2.06. The summed E-state index contributed by atoms with van der Waals surface area (Å²) in [5, 5.41) is 4.97. The number of amides is 1. The lowest BCUT2D eigenvalue weighted by Crippen LogP contribution is -2.47. The molecule has 1 aromatic heterocycles. The van der Waals surface area contributed by atoms with E-state index in [1.54, 1.807) is 31.5 Å². The fraction of sp³-hybridized carbons (Fsp3) is 0.125. The molecule has 0 saturated heterocycles. The average molecular weight is 315 g/mol. The molecule has 2 aromatic rings. The molecular weight excluding hydrogens is 298 g/mol. The number of benzene rings is 1. The van der Waals surface area contributed by atoms with Crippen molar-refractivity contribution in [3.05, 3.63) is 66.1 Å². The Bertz CT molecular complexity index is 639. The third kappa shape index (κ3) is 5.06. The molecule has 0 bridgehead atoms. The van der Waals surface area contributed by atoms with Gasteiger partial charge >= 0.3 is 0 Å². The van der Waals surface area contributed by atoms with Gasteiger partial charge in [-0.05, 0) is 36.0 Å². The first-order chi connectivity index (χ1) is 10.6. The molecule has 0 radical (unpaired) electrons. The van der Waals surface area contributed by atoms with Crippen LogP contribution < -0.4 is 10.7 Å². The van der Waals surface area contributed by atoms with Gasteiger partial charge in [-0.15, -0.1) is 0 Å². The molecule has 0 unspecified atom stereocenters. The second-order valence-corrected chi connectivity index (χ2v) is 4.91. The van der Waals surface area contributed by atoms with Crippen LogP contribution >= 0.6 is 12.2 Å². The SMILES string of the molecule is CN(NC(=O)/C=C/c1ccco1)C(=S)NCc1ccccc1. The van der Waals surface area contributed by atoms with Crippen LogP contribution in [0.4, 0.5) is 0 Å². The number of rotatable bonds is 4. The average Bonchev–Trinajstić information content (AvgIpc) is 3.05. The maximum Gasteiger partial charge on any atom is 0.262 e. The molecule has 114 valence electrons. The monoisotopic (exact) mass is 315 g/mol. The summed E-state index contributed by atoms with van der Waals surface area (Å²) in [6.07, 6.45) is 4.52. The molecule has 1 aromatic carbocycles. The first kappa shape index (κ1) is 15.8. The highest BCUT2D eigenvalue weighted by Crippen LogP contribution is 2.02. The minimum Gasteiger partial charge on any atom is -0.465 e. The number of carbonyl (C=O) groups excluding carboxylic acids is 1. The van der Waals surface area contributed by atoms with Crippen LogP contribution in [0.5, 0.6) is 0 Å². The van der Waals surface area contributed by atoms with E-state index in [1.807, 2.05) is 30.3 Å². The van der Waals surface area contributed by atoms with Gasteiger partial charge in [0.2, 0.25) is 0 Å². The van der Waals surface area contributed by atoms with E-state index in [-0.39, 0.29) is 5.91 Å². The number of hydrogen-bond acceptors (Lipinski definition) is 3. The predicted octanol–water partition coefficient (Wildman–Crippen LogP) is 2.33. The van der Waals surface area contributed by atoms with Crippen molar-refractivity contribution in [1.82, 2.24) is 15.8 Å². The van der Waals surface area contributed by atoms with E-state index >= 15 is 0 Å². The van der Waals surface area contributed by atoms with Crippen LogP contribution in [0.3, 0.4) is 0 Å². The van der Waals surface area contributed by atoms with Crippen molar-refractivity contribution in [3.8, 4) is 0 Å². The Morgan fingerprint density at radius 2 is 2.05 bits per heavy atom. The smallest absolute Gasteiger partial charge is 0.262 e. The zero-order valence-corrected chi connectivity index (χ0v) is 13.0. The van der Waals surface area contributed by atoms with Crippen LogP contribution in [0.25, 0.3) is 6.08 Å². The Kier molecular flexibility index (Phi) is 5.73. The molecule has 0 aliphatic heterocycles. The van der Waals surface area contributed by atoms with E-state index < -0.39 is 0 Å². The molecule has 2 rings (SSSR count). The van der Waals surface area contributed by atoms with E-state index in [2.05, 4.69) is 10.7 Å². The number of hydrogen-bond donors (Lipinski definition) is 2. The summed E-state index contributed by atoms with van der Waals surface area (Å²) in [5.74, 6) is 0.324. The molecule has 0 spiro atoms. The number of nitrogens with one attached hydrogen (secondary N) is 2. The van der Waals surface area contributed by atoms with Crippen LogP contribution in [-0.4, -0.2) is 23.1 Å². The summed E-state index contributed by atoms with van der Waals surface area (Å²) in [7, 11) is 1.68. The van der Waals surface area contributed by atoms with E-state index in [9.17, 15) is 4.79 Å². The third-order valence-corrected chi connectivity index (χ3v) is 3.23. The lowest BCUT2D eigenvalue weighted by atomic mass is 10.2. The van der Waals surface area contributed by atoms with Gasteiger partial charge in [-0.1, -0.05) is 30.3 Å². The Morgan fingerprint density at radius 3 is 2.73 bits per heavy atom. The molecule has 0 atom stereocenters. The van der Waals surface area contributed by atoms with Gasteiger partial charge in [-0.2, -0.15) is 0 Å². The van der Waals surface area contributed by atoms with Gasteiger partial charge in [0.05, 0.1) is 6.26 Å². The number of furan rings is 1. The molecule has 1 amide bonds. The normalized spacial score (nSPS) is 10.4. The van der Waals surface area contributed by atoms with Gasteiger partial charge in [0.1, 0.15) is 5.76 Å². The fourth-order valence-corrected chi connectivity index (χ4v) is 1.81. The van der Waals surface area contributed by atoms with Gasteiger partial charge in [0, 0.05) is 19.7 Å². The molecule has 0 saturated carbocycles. The summed E-state index contributed by atoms with van der Waals surface area (Å²) < 4.78 is 5.11. The summed E-state index contributed by atoms with van der Waals surface area (Å²) in [5.41, 5.74) is 3.75. The summed E-state index contributed by atoms with van der Waals surface area (Å²) in [4.78, 5) is 11.8. The summed E-state index contributed by atoms with van der Waals surface area (Å²) in [6.45, 7) is 0.599. The van der Waals surface area contributed by atoms with Crippen molar-refractivity contribution in [2.75, 3.05) is 7.05 Å². The van der Waals surface area contributed by atoms with Crippen molar-refractivity contribution in [2.45, 2.75) is 6.54 Å². The topological polar surface area (TPSA) is 57.5 Å². The number of hydrazine groups is 1. The minimum atomic E-state index is -0.289. The van der Waals surface area contributed by atoms with Crippen molar-refractivity contribution in [3.63, 3.8) is 0 Å². The lowest BCUT2D eigenvalue weighted by Gasteiger charge is -2.20. The predicted molar refractivity (Wildman–Crippen MR) is 89.5 cm³/mol. The number of carbonyl (C=O) groups is 1. The van der Waals surface area contributed by atoms with E-state index in [0.29, 0.717) is 17.4 Å². The third-order valence-electron chi connectivity index (χ3n) is 2.81. The molecule has 0 aliphatic carbocycles. The second kappa shape index (κ2) is 7.99. The molecular formula is C16H17N3O2S. The zero-order chi connectivity index (χ0) is 15.8. The zero-order valence-electron chi connectivity index (χ0n) is 12.2. The van der Waals surface area contributed by atoms with Gasteiger partial charge in [-0.3, -0.25) is 15.2 Å². The molecule has 5 nitrogen and oxygen atoms in total. The van der Waals surface area contributed by atoms with Crippen LogP contribution in [0.2, 0.25) is 0 Å². The van der Waals surface area contributed by atoms with E-state index in [0.717, 1.165) is 5.56 Å². The molecule has 0 fully saturated rings. The van der Waals surface area contributed by atoms with Crippen LogP contribution in [0, 0.1) is 0 Å². The molecule has 1 heterocycles. The first-order valence-corrected chi connectivity index (χ1v) is 7.13. The van der Waals surface area contributed by atoms with Crippen molar-refractivity contribution in [2.24, 2.45) is 0 Å².